The van der Waals surface area contributed by atoms with Gasteiger partial charge in [0.2, 0.25) is 0 Å². The molecule has 6 atom stereocenters. The first kappa shape index (κ1) is 89.1. The van der Waals surface area contributed by atoms with Gasteiger partial charge >= 0.3 is 39.5 Å². The van der Waals surface area contributed by atoms with E-state index in [1.165, 1.54) is 161 Å². The van der Waals surface area contributed by atoms with Gasteiger partial charge in [0, 0.05) is 25.7 Å². The van der Waals surface area contributed by atoms with Crippen molar-refractivity contribution >= 4 is 39.5 Å². The van der Waals surface area contributed by atoms with Gasteiger partial charge in [0.25, 0.3) is 0 Å². The molecule has 91 heavy (non-hydrogen) atoms. The van der Waals surface area contributed by atoms with Crippen LogP contribution in [0, 0.1) is 23.7 Å². The van der Waals surface area contributed by atoms with E-state index in [4.69, 9.17) is 37.0 Å². The third-order valence-electron chi connectivity index (χ3n) is 16.9. The highest BCUT2D eigenvalue weighted by molar-refractivity contribution is 7.47. The molecule has 17 nitrogen and oxygen atoms in total. The van der Waals surface area contributed by atoms with Gasteiger partial charge in [-0.2, -0.15) is 0 Å². The third kappa shape index (κ3) is 65.1. The highest BCUT2D eigenvalue weighted by atomic mass is 31.2. The molecule has 0 bridgehead atoms. The van der Waals surface area contributed by atoms with Crippen LogP contribution in [0.25, 0.3) is 0 Å². The average Bonchev–Trinajstić information content (AvgIpc) is 3.33. The number of ether oxygens (including phenoxy) is 4. The summed E-state index contributed by atoms with van der Waals surface area (Å²) in [6.07, 6.45) is 44.4. The zero-order chi connectivity index (χ0) is 67.5. The minimum absolute atomic E-state index is 0.105. The Morgan fingerprint density at radius 3 is 0.780 bits per heavy atom. The van der Waals surface area contributed by atoms with Crippen LogP contribution in [0.1, 0.15) is 357 Å². The Balaban J connectivity index is 5.27. The lowest BCUT2D eigenvalue weighted by atomic mass is 9.99. The van der Waals surface area contributed by atoms with Crippen molar-refractivity contribution in [2.75, 3.05) is 39.6 Å². The second kappa shape index (κ2) is 61.6. The molecular weight excluding hydrogens is 1200 g/mol. The molecule has 0 heterocycles. The molecule has 540 valence electrons. The fourth-order valence-corrected chi connectivity index (χ4v) is 12.4. The van der Waals surface area contributed by atoms with Gasteiger partial charge in [-0.15, -0.1) is 0 Å². The zero-order valence-corrected chi connectivity index (χ0v) is 61.3. The van der Waals surface area contributed by atoms with E-state index in [1.54, 1.807) is 0 Å². The molecule has 4 unspecified atom stereocenters. The Hall–Kier alpha value is -1.94. The summed E-state index contributed by atoms with van der Waals surface area (Å²) >= 11 is 0. The molecule has 19 heteroatoms. The van der Waals surface area contributed by atoms with Gasteiger partial charge in [0.05, 0.1) is 26.4 Å². The highest BCUT2D eigenvalue weighted by Crippen LogP contribution is 2.45. The van der Waals surface area contributed by atoms with Crippen molar-refractivity contribution in [2.45, 2.75) is 375 Å². The summed E-state index contributed by atoms with van der Waals surface area (Å²) in [7, 11) is -9.91. The Morgan fingerprint density at radius 1 is 0.308 bits per heavy atom. The van der Waals surface area contributed by atoms with Crippen LogP contribution in [-0.2, 0) is 65.4 Å². The van der Waals surface area contributed by atoms with Crippen LogP contribution in [-0.4, -0.2) is 96.7 Å². The van der Waals surface area contributed by atoms with Gasteiger partial charge in [-0.3, -0.25) is 37.3 Å². The van der Waals surface area contributed by atoms with E-state index in [0.29, 0.717) is 25.7 Å². The molecular formula is C72H140O17P2. The van der Waals surface area contributed by atoms with Crippen molar-refractivity contribution in [2.24, 2.45) is 23.7 Å². The SMILES string of the molecule is CCC(C)CCCCCCCCCCCCC(=O)O[C@H](COC(=O)CCCCCCCCCCC(C)C)COP(=O)(O)OCC(O)COP(=O)(O)OC[C@@H](COC(=O)CCCCCCCCCCC(C)C)OC(=O)CCCCCCCCCCCCCCC(C)C. The summed E-state index contributed by atoms with van der Waals surface area (Å²) in [5.74, 6) is 0.905. The number of rotatable bonds is 69. The van der Waals surface area contributed by atoms with E-state index in [1.807, 2.05) is 0 Å². The molecule has 3 N–H and O–H groups in total. The molecule has 0 saturated heterocycles. The highest BCUT2D eigenvalue weighted by Gasteiger charge is 2.30. The predicted molar refractivity (Wildman–Crippen MR) is 367 cm³/mol. The zero-order valence-electron chi connectivity index (χ0n) is 59.5. The second-order valence-corrected chi connectivity index (χ2v) is 30.6. The van der Waals surface area contributed by atoms with Crippen molar-refractivity contribution < 1.29 is 80.2 Å². The number of hydrogen-bond donors (Lipinski definition) is 3. The molecule has 0 saturated carbocycles. The Bertz CT molecular complexity index is 1800. The molecule has 0 aliphatic rings. The van der Waals surface area contributed by atoms with Crippen molar-refractivity contribution in [1.29, 1.82) is 0 Å². The fraction of sp³-hybridized carbons (Fsp3) is 0.944. The Kier molecular flexibility index (Phi) is 60.3. The van der Waals surface area contributed by atoms with Crippen molar-refractivity contribution in [3.63, 3.8) is 0 Å². The van der Waals surface area contributed by atoms with E-state index in [0.717, 1.165) is 114 Å². The first-order chi connectivity index (χ1) is 43.6. The maximum atomic E-state index is 13.0. The van der Waals surface area contributed by atoms with Gasteiger partial charge in [-0.25, -0.2) is 9.13 Å². The van der Waals surface area contributed by atoms with Gasteiger partial charge in [-0.05, 0) is 49.4 Å². The third-order valence-corrected chi connectivity index (χ3v) is 18.8. The lowest BCUT2D eigenvalue weighted by Gasteiger charge is -2.21. The van der Waals surface area contributed by atoms with Crippen molar-refractivity contribution in [3.8, 4) is 0 Å². The van der Waals surface area contributed by atoms with E-state index < -0.39 is 97.5 Å². The topological polar surface area (TPSA) is 237 Å². The number of unbranched alkanes of at least 4 members (excludes halogenated alkanes) is 34. The molecule has 0 aliphatic heterocycles. The molecule has 0 aromatic rings. The van der Waals surface area contributed by atoms with Crippen LogP contribution in [0.5, 0.6) is 0 Å². The molecule has 0 fully saturated rings. The largest absolute Gasteiger partial charge is 0.472 e. The summed E-state index contributed by atoms with van der Waals surface area (Å²) in [4.78, 5) is 72.6. The lowest BCUT2D eigenvalue weighted by Crippen LogP contribution is -2.30. The standard InChI is InChI=1S/C72H140O17P2/c1-9-65(8)51-43-35-27-17-14-15-19-31-39-47-55-72(77)89-68(59-83-70(75)53-45-37-29-23-21-26-34-42-50-64(6)7)61-87-91(80,81)85-57-66(73)56-84-90(78,79)86-60-67(58-82-69(74)52-44-36-28-22-20-25-33-41-49-63(4)5)88-71(76)54-46-38-30-18-13-11-10-12-16-24-32-40-48-62(2)3/h62-68,73H,9-61H2,1-8H3,(H,78,79)(H,80,81)/t65?,66?,67-,68-/m1/s1. The number of esters is 4. The summed E-state index contributed by atoms with van der Waals surface area (Å²) in [6, 6.07) is 0. The maximum Gasteiger partial charge on any atom is 0.472 e. The van der Waals surface area contributed by atoms with Crippen molar-refractivity contribution in [3.05, 3.63) is 0 Å². The van der Waals surface area contributed by atoms with Gasteiger partial charge < -0.3 is 33.8 Å². The first-order valence-corrected chi connectivity index (χ1v) is 40.2. The van der Waals surface area contributed by atoms with Gasteiger partial charge in [0.1, 0.15) is 19.3 Å². The van der Waals surface area contributed by atoms with Crippen LogP contribution < -0.4 is 0 Å². The Labute approximate surface area is 556 Å². The smallest absolute Gasteiger partial charge is 0.462 e. The monoisotopic (exact) mass is 1340 g/mol. The normalized spacial score (nSPS) is 14.5. The molecule has 0 rings (SSSR count). The predicted octanol–water partition coefficient (Wildman–Crippen LogP) is 20.5. The number of phosphoric ester groups is 2. The Morgan fingerprint density at radius 2 is 0.527 bits per heavy atom. The van der Waals surface area contributed by atoms with Gasteiger partial charge in [0.15, 0.2) is 12.2 Å². The molecule has 0 aliphatic carbocycles. The molecule has 0 radical (unpaired) electrons. The van der Waals surface area contributed by atoms with E-state index in [2.05, 4.69) is 55.4 Å². The number of phosphoric acid groups is 2. The quantitative estimate of drug-likeness (QED) is 0.0222. The van der Waals surface area contributed by atoms with Crippen LogP contribution in [0.15, 0.2) is 0 Å². The van der Waals surface area contributed by atoms with E-state index in [9.17, 15) is 43.2 Å². The van der Waals surface area contributed by atoms with Gasteiger partial charge in [-0.1, -0.05) is 306 Å². The summed E-state index contributed by atoms with van der Waals surface area (Å²) in [6.45, 7) is 14.1. The minimum Gasteiger partial charge on any atom is -0.462 e. The van der Waals surface area contributed by atoms with Crippen LogP contribution >= 0.6 is 15.6 Å². The first-order valence-electron chi connectivity index (χ1n) is 37.2. The lowest BCUT2D eigenvalue weighted by molar-refractivity contribution is -0.161. The van der Waals surface area contributed by atoms with Crippen LogP contribution in [0.4, 0.5) is 0 Å². The number of aliphatic hydroxyl groups excluding tert-OH is 1. The minimum atomic E-state index is -4.95. The summed E-state index contributed by atoms with van der Waals surface area (Å²) < 4.78 is 68.4. The number of carbonyl (C=O) groups is 4. The summed E-state index contributed by atoms with van der Waals surface area (Å²) in [5, 5.41) is 10.6. The second-order valence-electron chi connectivity index (χ2n) is 27.6. The number of carbonyl (C=O) groups excluding carboxylic acids is 4. The van der Waals surface area contributed by atoms with E-state index >= 15 is 0 Å². The number of hydrogen-bond acceptors (Lipinski definition) is 15. The van der Waals surface area contributed by atoms with Crippen LogP contribution in [0.3, 0.4) is 0 Å². The average molecular weight is 1340 g/mol. The molecule has 0 aromatic heterocycles. The maximum absolute atomic E-state index is 13.0. The molecule has 0 aromatic carbocycles. The van der Waals surface area contributed by atoms with E-state index in [-0.39, 0.29) is 25.7 Å². The molecule has 0 spiro atoms. The fourth-order valence-electron chi connectivity index (χ4n) is 10.8. The van der Waals surface area contributed by atoms with Crippen molar-refractivity contribution in [1.82, 2.24) is 0 Å². The summed E-state index contributed by atoms with van der Waals surface area (Å²) in [5.41, 5.74) is 0. The number of aliphatic hydroxyl groups is 1. The van der Waals surface area contributed by atoms with Crippen LogP contribution in [0.2, 0.25) is 0 Å². The molecule has 0 amide bonds.